The zero-order chi connectivity index (χ0) is 90.1. The van der Waals surface area contributed by atoms with E-state index < -0.39 is 71.9 Å². The van der Waals surface area contributed by atoms with Gasteiger partial charge in [-0.2, -0.15) is 0 Å². The molecule has 30 heteroatoms. The summed E-state index contributed by atoms with van der Waals surface area (Å²) >= 11 is 6.12. The molecule has 0 fully saturated rings. The lowest BCUT2D eigenvalue weighted by Crippen LogP contribution is -2.17. The van der Waals surface area contributed by atoms with Crippen LogP contribution in [0.1, 0.15) is 69.2 Å². The monoisotopic (exact) mass is 1740 g/mol. The van der Waals surface area contributed by atoms with Crippen LogP contribution in [0.5, 0.6) is 17.2 Å². The van der Waals surface area contributed by atoms with Gasteiger partial charge in [0.25, 0.3) is 23.1 Å². The summed E-state index contributed by atoms with van der Waals surface area (Å²) in [6.45, 7) is 3.63. The van der Waals surface area contributed by atoms with E-state index in [1.54, 1.807) is 98.8 Å². The van der Waals surface area contributed by atoms with Crippen molar-refractivity contribution in [2.45, 2.75) is 52.2 Å². The van der Waals surface area contributed by atoms with Crippen molar-refractivity contribution in [1.82, 2.24) is 18.3 Å². The summed E-state index contributed by atoms with van der Waals surface area (Å²) < 4.78 is 144. The first-order valence-corrected chi connectivity index (χ1v) is 38.2. The second-order valence-corrected chi connectivity index (χ2v) is 28.9. The van der Waals surface area contributed by atoms with E-state index in [4.69, 9.17) is 11.6 Å². The molecule has 0 amide bonds. The number of carboxylic acids is 4. The molecular weight excluding hydrogens is 1670 g/mol. The van der Waals surface area contributed by atoms with E-state index in [1.165, 1.54) is 85.3 Å². The third-order valence-electron chi connectivity index (χ3n) is 19.8. The molecule has 4 heterocycles. The average molecular weight is 1740 g/mol. The van der Waals surface area contributed by atoms with Gasteiger partial charge in [-0.15, -0.1) is 39.5 Å². The number of nitrogens with zero attached hydrogens (tertiary/aromatic N) is 4. The van der Waals surface area contributed by atoms with Crippen molar-refractivity contribution in [2.75, 3.05) is 0 Å². The number of halogens is 11. The van der Waals surface area contributed by atoms with E-state index in [0.717, 1.165) is 56.6 Å². The predicted molar refractivity (Wildman–Crippen MR) is 449 cm³/mol. The Morgan fingerprint density at radius 2 is 0.595 bits per heavy atom. The summed E-state index contributed by atoms with van der Waals surface area (Å²) in [6.07, 6.45) is -8.36. The van der Waals surface area contributed by atoms with Gasteiger partial charge >= 0.3 is 43.0 Å². The molecule has 12 aromatic carbocycles. The number of carbonyl (C=O) groups is 8. The van der Waals surface area contributed by atoms with Gasteiger partial charge in [0.05, 0.1) is 22.3 Å². The molecule has 0 unspecified atom stereocenters. The lowest BCUT2D eigenvalue weighted by molar-refractivity contribution is -0.275. The minimum Gasteiger partial charge on any atom is -0.475 e. The number of aliphatic carboxylic acids is 4. The molecular formula is C96H65ClF10N4O15. The number of Topliss-reactive ketones (excluding diaryl/α,β-unsaturated/α-hetero) is 4. The summed E-state index contributed by atoms with van der Waals surface area (Å²) in [5.41, 5.74) is 12.9. The molecule has 0 saturated heterocycles. The maximum Gasteiger partial charge on any atom is 0.573 e. The number of rotatable bonds is 23. The fourth-order valence-electron chi connectivity index (χ4n) is 14.1. The number of carboxylic acid groups (broad SMARTS) is 4. The van der Waals surface area contributed by atoms with E-state index in [0.29, 0.717) is 96.1 Å². The first-order valence-electron chi connectivity index (χ1n) is 37.8. The van der Waals surface area contributed by atoms with Crippen molar-refractivity contribution >= 4 is 102 Å². The van der Waals surface area contributed by atoms with Crippen LogP contribution in [0.25, 0.3) is 88.1 Å². The molecule has 0 aliphatic carbocycles. The lowest BCUT2D eigenvalue weighted by Gasteiger charge is -2.11. The van der Waals surface area contributed by atoms with Crippen molar-refractivity contribution in [3.05, 3.63) is 365 Å². The summed E-state index contributed by atoms with van der Waals surface area (Å²) in [5.74, 6) is -11.8. The summed E-state index contributed by atoms with van der Waals surface area (Å²) in [4.78, 5) is 94.5. The molecule has 0 aliphatic heterocycles. The van der Waals surface area contributed by atoms with Gasteiger partial charge in [-0.1, -0.05) is 193 Å². The van der Waals surface area contributed by atoms with Crippen LogP contribution in [0.4, 0.5) is 43.9 Å². The minimum atomic E-state index is -4.82. The van der Waals surface area contributed by atoms with Gasteiger partial charge in [0, 0.05) is 99.6 Å². The van der Waals surface area contributed by atoms with Gasteiger partial charge in [-0.25, -0.2) is 23.6 Å². The fraction of sp³-hybridized carbons (Fsp3) is 0.0833. The number of fused-ring (bicyclic) bond motifs is 4. The van der Waals surface area contributed by atoms with Crippen molar-refractivity contribution in [3.63, 3.8) is 0 Å². The van der Waals surface area contributed by atoms with Crippen molar-refractivity contribution in [1.29, 1.82) is 0 Å². The highest BCUT2D eigenvalue weighted by molar-refractivity contribution is 6.44. The molecule has 0 atom stereocenters. The van der Waals surface area contributed by atoms with Gasteiger partial charge < -0.3 is 52.9 Å². The van der Waals surface area contributed by atoms with Crippen molar-refractivity contribution in [2.24, 2.45) is 0 Å². The zero-order valence-electron chi connectivity index (χ0n) is 65.4. The van der Waals surface area contributed by atoms with Crippen LogP contribution in [-0.2, 0) is 45.4 Å². The highest BCUT2D eigenvalue weighted by Crippen LogP contribution is 2.38. The molecule has 0 aliphatic rings. The molecule has 126 heavy (non-hydrogen) atoms. The molecule has 0 saturated carbocycles. The van der Waals surface area contributed by atoms with Crippen LogP contribution < -0.4 is 14.2 Å². The topological polar surface area (TPSA) is 265 Å². The molecule has 16 rings (SSSR count). The number of ether oxygens (including phenoxy) is 3. The third-order valence-corrected chi connectivity index (χ3v) is 20.0. The van der Waals surface area contributed by atoms with Crippen LogP contribution >= 0.6 is 11.6 Å². The molecule has 16 aromatic rings. The Morgan fingerprint density at radius 3 is 0.968 bits per heavy atom. The summed E-state index contributed by atoms with van der Waals surface area (Å²) in [5, 5.41) is 39.4. The van der Waals surface area contributed by atoms with E-state index >= 15 is 0 Å². The molecule has 0 radical (unpaired) electrons. The van der Waals surface area contributed by atoms with Gasteiger partial charge in [0.15, 0.2) is 0 Å². The smallest absolute Gasteiger partial charge is 0.475 e. The Labute approximate surface area is 712 Å². The Morgan fingerprint density at radius 1 is 0.294 bits per heavy atom. The van der Waals surface area contributed by atoms with E-state index in [9.17, 15) is 103 Å². The molecule has 636 valence electrons. The molecule has 4 aromatic heterocycles. The van der Waals surface area contributed by atoms with Crippen LogP contribution in [-0.4, -0.2) is 105 Å². The average Bonchev–Trinajstić information content (AvgIpc) is 1.64. The lowest BCUT2D eigenvalue weighted by atomic mass is 10.0. The number of carbonyl (C=O) groups excluding carboxylic acids is 4. The Bertz CT molecular complexity index is 6610. The van der Waals surface area contributed by atoms with E-state index in [2.05, 4.69) is 14.2 Å². The number of hydrogen-bond donors (Lipinski definition) is 4. The largest absolute Gasteiger partial charge is 0.573 e. The first kappa shape index (κ1) is 88.1. The predicted octanol–water partition coefficient (Wildman–Crippen LogP) is 22.3. The standard InChI is InChI=1S/C25H18F3NO4.C24H15F4NO4.C24H16F3NO4.C23H16ClNO3/c1-15-2-4-16(5-3-15)13-29-14-21(23(30)24(31)32)20-12-18(8-11-22(20)29)17-6-9-19(10-7-17)33-25(26,27)28;25-17-6-1-14(2-7-17)12-29-13-20(22(30)23(31)32)19-11-16(5-10-21(19)29)15-3-8-18(9-4-15)33-24(26,27)28;25-24(26,27)32-18-8-4-7-16(11-18)17-9-10-21-19(12-17)20(22(29)23(30)31)14-28(21)13-15-5-2-1-3-6-15;24-18-8-4-7-16(11-18)17-9-10-19-20(22(26)23(27)28)14-25(21(19)12-17)13-15-5-2-1-3-6-15/h2-12,14H,13H2,1H3,(H,31,32);1-11,13H,12H2,(H,31,32);1-12,14H,13H2,(H,30,31);1-12,14H,13H2,(H,27,28). The van der Waals surface area contributed by atoms with Gasteiger partial charge in [0.2, 0.25) is 0 Å². The van der Waals surface area contributed by atoms with Crippen molar-refractivity contribution < 1.29 is 117 Å². The highest BCUT2D eigenvalue weighted by Gasteiger charge is 2.34. The number of alkyl halides is 9. The number of aromatic nitrogens is 4. The second kappa shape index (κ2) is 37.4. The van der Waals surface area contributed by atoms with Gasteiger partial charge in [-0.3, -0.25) is 19.2 Å². The number of ketones is 4. The number of hydrogen-bond acceptors (Lipinski definition) is 11. The zero-order valence-corrected chi connectivity index (χ0v) is 66.2. The Balaban J connectivity index is 0.000000144. The maximum atomic E-state index is 13.2. The molecule has 4 N–H and O–H groups in total. The van der Waals surface area contributed by atoms with Crippen LogP contribution in [0.15, 0.2) is 304 Å². The highest BCUT2D eigenvalue weighted by atomic mass is 35.5. The molecule has 0 spiro atoms. The Hall–Kier alpha value is -15.7. The quantitative estimate of drug-likeness (QED) is 0.0263. The Kier molecular flexibility index (Phi) is 26.1. The minimum absolute atomic E-state index is 0.00739. The van der Waals surface area contributed by atoms with E-state index in [1.807, 2.05) is 133 Å². The SMILES string of the molecule is Cc1ccc(Cn2cc(C(=O)C(=O)O)c3cc(-c4ccc(OC(F)(F)F)cc4)ccc32)cc1.O=C(O)C(=O)c1cn(Cc2ccc(F)cc2)c2ccc(-c3ccc(OC(F)(F)F)cc3)cc12.O=C(O)C(=O)c1cn(Cc2ccccc2)c2cc(-c3cccc(Cl)c3)ccc12.O=C(O)C(=O)c1cn(Cc2ccccc2)c2ccc(-c3cccc(OC(F)(F)F)c3)cc12. The summed E-state index contributed by atoms with van der Waals surface area (Å²) in [6, 6.07) is 77.1. The van der Waals surface area contributed by atoms with Gasteiger partial charge in [-0.05, 0) is 177 Å². The number of aryl methyl sites for hydroxylation is 1. The van der Waals surface area contributed by atoms with Crippen LogP contribution in [0, 0.1) is 12.7 Å². The third kappa shape index (κ3) is 21.8. The summed E-state index contributed by atoms with van der Waals surface area (Å²) in [7, 11) is 0. The van der Waals surface area contributed by atoms with E-state index in [-0.39, 0.29) is 46.0 Å². The van der Waals surface area contributed by atoms with Crippen LogP contribution in [0.3, 0.4) is 0 Å². The molecule has 0 bridgehead atoms. The fourth-order valence-corrected chi connectivity index (χ4v) is 14.3. The number of benzene rings is 12. The van der Waals surface area contributed by atoms with Crippen LogP contribution in [0.2, 0.25) is 5.02 Å². The van der Waals surface area contributed by atoms with Gasteiger partial charge in [0.1, 0.15) is 23.1 Å². The first-order chi connectivity index (χ1) is 59.9. The maximum absolute atomic E-state index is 13.2. The normalized spacial score (nSPS) is 11.4. The second-order valence-electron chi connectivity index (χ2n) is 28.5. The molecule has 19 nitrogen and oxygen atoms in total. The van der Waals surface area contributed by atoms with Crippen molar-refractivity contribution in [3.8, 4) is 61.8 Å².